The Labute approximate surface area is 119 Å². The molecule has 0 radical (unpaired) electrons. The minimum absolute atomic E-state index is 0.00297. The van der Waals surface area contributed by atoms with Gasteiger partial charge >= 0.3 is 0 Å². The summed E-state index contributed by atoms with van der Waals surface area (Å²) >= 11 is 0. The van der Waals surface area contributed by atoms with Crippen molar-refractivity contribution in [3.63, 3.8) is 0 Å². The molecule has 1 aliphatic rings. The number of fused-ring (bicyclic) bond motifs is 5. The second-order valence-electron chi connectivity index (χ2n) is 5.77. The molecule has 98 valence electrons. The highest BCUT2D eigenvalue weighted by molar-refractivity contribution is 6.03. The topological polar surface area (TPSA) is 26.0 Å². The zero-order chi connectivity index (χ0) is 13.9. The van der Waals surface area contributed by atoms with Crippen molar-refractivity contribution in [1.29, 1.82) is 0 Å². The van der Waals surface area contributed by atoms with Gasteiger partial charge in [0, 0.05) is 0 Å². The molecule has 1 heteroatoms. The molecule has 0 heterocycles. The van der Waals surface area contributed by atoms with E-state index in [1.807, 2.05) is 0 Å². The molecule has 1 nitrogen and oxygen atoms in total. The van der Waals surface area contributed by atoms with Crippen molar-refractivity contribution < 1.29 is 0 Å². The molecule has 1 unspecified atom stereocenters. The molecular weight excluding hydrogens is 242 g/mol. The molecule has 4 rings (SSSR count). The minimum Gasteiger partial charge on any atom is -0.320 e. The molecule has 0 amide bonds. The van der Waals surface area contributed by atoms with Gasteiger partial charge in [-0.05, 0) is 52.4 Å². The molecule has 1 aliphatic carbocycles. The molecule has 3 aromatic rings. The maximum Gasteiger partial charge on any atom is 0.0564 e. The minimum atomic E-state index is 0.00297. The van der Waals surface area contributed by atoms with E-state index >= 15 is 0 Å². The van der Waals surface area contributed by atoms with E-state index in [1.165, 1.54) is 44.2 Å². The van der Waals surface area contributed by atoms with Crippen LogP contribution in [0.15, 0.2) is 48.5 Å². The van der Waals surface area contributed by atoms with Gasteiger partial charge in [0.25, 0.3) is 0 Å². The third-order valence-electron chi connectivity index (χ3n) is 4.43. The Hall–Kier alpha value is -2.12. The van der Waals surface area contributed by atoms with Crippen LogP contribution in [0.3, 0.4) is 0 Å². The SMILES string of the molecule is Cc1ccc2c(c1)C(N)c1cc(C)c3ccccc3c1-2. The second-order valence-corrected chi connectivity index (χ2v) is 5.77. The van der Waals surface area contributed by atoms with Gasteiger partial charge in [0.2, 0.25) is 0 Å². The van der Waals surface area contributed by atoms with Gasteiger partial charge in [0.15, 0.2) is 0 Å². The summed E-state index contributed by atoms with van der Waals surface area (Å²) in [5.41, 5.74) is 14.2. The Balaban J connectivity index is 2.18. The number of hydrogen-bond donors (Lipinski definition) is 1. The van der Waals surface area contributed by atoms with E-state index in [0.717, 1.165) is 0 Å². The number of nitrogens with two attached hydrogens (primary N) is 1. The fourth-order valence-electron chi connectivity index (χ4n) is 3.46. The second kappa shape index (κ2) is 3.94. The molecule has 0 fully saturated rings. The third-order valence-corrected chi connectivity index (χ3v) is 4.43. The summed E-state index contributed by atoms with van der Waals surface area (Å²) in [5.74, 6) is 0. The van der Waals surface area contributed by atoms with E-state index in [9.17, 15) is 0 Å². The van der Waals surface area contributed by atoms with Crippen LogP contribution in [0.1, 0.15) is 28.3 Å². The molecule has 0 saturated carbocycles. The fraction of sp³-hybridized carbons (Fsp3) is 0.158. The zero-order valence-electron chi connectivity index (χ0n) is 11.8. The van der Waals surface area contributed by atoms with Crippen molar-refractivity contribution in [2.24, 2.45) is 5.73 Å². The van der Waals surface area contributed by atoms with E-state index in [4.69, 9.17) is 5.73 Å². The highest BCUT2D eigenvalue weighted by Gasteiger charge is 2.27. The van der Waals surface area contributed by atoms with Crippen LogP contribution in [0.25, 0.3) is 21.9 Å². The third kappa shape index (κ3) is 1.41. The molecule has 3 aromatic carbocycles. The van der Waals surface area contributed by atoms with Gasteiger partial charge in [-0.1, -0.05) is 54.1 Å². The fourth-order valence-corrected chi connectivity index (χ4v) is 3.46. The van der Waals surface area contributed by atoms with Crippen LogP contribution >= 0.6 is 0 Å². The Kier molecular flexibility index (Phi) is 2.30. The first-order valence-corrected chi connectivity index (χ1v) is 7.05. The van der Waals surface area contributed by atoms with E-state index in [2.05, 4.69) is 62.4 Å². The summed E-state index contributed by atoms with van der Waals surface area (Å²) in [5, 5.41) is 2.65. The molecule has 0 spiro atoms. The van der Waals surface area contributed by atoms with Crippen LogP contribution < -0.4 is 5.73 Å². The molecule has 0 aromatic heterocycles. The zero-order valence-corrected chi connectivity index (χ0v) is 11.8. The van der Waals surface area contributed by atoms with Crippen LogP contribution in [-0.4, -0.2) is 0 Å². The summed E-state index contributed by atoms with van der Waals surface area (Å²) in [6, 6.07) is 17.5. The van der Waals surface area contributed by atoms with Gasteiger partial charge in [-0.2, -0.15) is 0 Å². The van der Waals surface area contributed by atoms with Crippen LogP contribution in [0.4, 0.5) is 0 Å². The van der Waals surface area contributed by atoms with Gasteiger partial charge in [0.05, 0.1) is 6.04 Å². The number of hydrogen-bond acceptors (Lipinski definition) is 1. The first-order valence-electron chi connectivity index (χ1n) is 7.05. The van der Waals surface area contributed by atoms with Gasteiger partial charge in [-0.3, -0.25) is 0 Å². The first-order chi connectivity index (χ1) is 9.66. The van der Waals surface area contributed by atoms with Crippen LogP contribution in [0.2, 0.25) is 0 Å². The van der Waals surface area contributed by atoms with E-state index < -0.39 is 0 Å². The van der Waals surface area contributed by atoms with Crippen LogP contribution in [0.5, 0.6) is 0 Å². The number of aryl methyl sites for hydroxylation is 2. The van der Waals surface area contributed by atoms with Crippen molar-refractivity contribution in [2.45, 2.75) is 19.9 Å². The van der Waals surface area contributed by atoms with E-state index in [0.29, 0.717) is 0 Å². The van der Waals surface area contributed by atoms with Crippen molar-refractivity contribution in [3.05, 3.63) is 70.8 Å². The smallest absolute Gasteiger partial charge is 0.0564 e. The highest BCUT2D eigenvalue weighted by Crippen LogP contribution is 2.46. The van der Waals surface area contributed by atoms with Crippen LogP contribution in [0, 0.1) is 13.8 Å². The van der Waals surface area contributed by atoms with Crippen LogP contribution in [-0.2, 0) is 0 Å². The maximum atomic E-state index is 6.49. The Morgan fingerprint density at radius 1 is 0.850 bits per heavy atom. The number of rotatable bonds is 0. The van der Waals surface area contributed by atoms with Crippen molar-refractivity contribution in [1.82, 2.24) is 0 Å². The van der Waals surface area contributed by atoms with E-state index in [1.54, 1.807) is 0 Å². The molecule has 20 heavy (non-hydrogen) atoms. The summed E-state index contributed by atoms with van der Waals surface area (Å²) in [7, 11) is 0. The van der Waals surface area contributed by atoms with Gasteiger partial charge in [0.1, 0.15) is 0 Å². The monoisotopic (exact) mass is 259 g/mol. The Bertz CT molecular complexity index is 846. The molecule has 0 bridgehead atoms. The lowest BCUT2D eigenvalue weighted by molar-refractivity contribution is 0.899. The van der Waals surface area contributed by atoms with Gasteiger partial charge < -0.3 is 5.73 Å². The van der Waals surface area contributed by atoms with E-state index in [-0.39, 0.29) is 6.04 Å². The number of benzene rings is 3. The molecule has 0 aliphatic heterocycles. The Morgan fingerprint density at radius 2 is 1.60 bits per heavy atom. The molecule has 0 saturated heterocycles. The lowest BCUT2D eigenvalue weighted by atomic mass is 9.94. The summed E-state index contributed by atoms with van der Waals surface area (Å²) in [6.07, 6.45) is 0. The largest absolute Gasteiger partial charge is 0.320 e. The lowest BCUT2D eigenvalue weighted by Crippen LogP contribution is -2.08. The normalized spacial score (nSPS) is 16.2. The standard InChI is InChI=1S/C19H17N/c1-11-7-8-15-16(9-11)19(20)17-10-12(2)13-5-3-4-6-14(13)18(15)17/h3-10,19H,20H2,1-2H3. The molecule has 1 atom stereocenters. The summed E-state index contributed by atoms with van der Waals surface area (Å²) < 4.78 is 0. The predicted octanol–water partition coefficient (Wildman–Crippen LogP) is 4.49. The molecule has 2 N–H and O–H groups in total. The van der Waals surface area contributed by atoms with Crippen molar-refractivity contribution >= 4 is 10.8 Å². The van der Waals surface area contributed by atoms with Gasteiger partial charge in [-0.25, -0.2) is 0 Å². The average Bonchev–Trinajstić information content (AvgIpc) is 2.73. The van der Waals surface area contributed by atoms with Crippen molar-refractivity contribution in [3.8, 4) is 11.1 Å². The maximum absolute atomic E-state index is 6.49. The summed E-state index contributed by atoms with van der Waals surface area (Å²) in [6.45, 7) is 4.29. The predicted molar refractivity (Wildman–Crippen MR) is 84.9 cm³/mol. The highest BCUT2D eigenvalue weighted by atomic mass is 14.7. The summed E-state index contributed by atoms with van der Waals surface area (Å²) in [4.78, 5) is 0. The first kappa shape index (κ1) is 11.7. The van der Waals surface area contributed by atoms with Gasteiger partial charge in [-0.15, -0.1) is 0 Å². The lowest BCUT2D eigenvalue weighted by Gasteiger charge is -2.11. The average molecular weight is 259 g/mol. The quantitative estimate of drug-likeness (QED) is 0.632. The Morgan fingerprint density at radius 3 is 2.40 bits per heavy atom. The van der Waals surface area contributed by atoms with Crippen molar-refractivity contribution in [2.75, 3.05) is 0 Å². The molecular formula is C19H17N.